The molecular formula is C72H50B2N2O4. The highest BCUT2D eigenvalue weighted by molar-refractivity contribution is 7.01. The Bertz CT molecular complexity index is 4090. The maximum absolute atomic E-state index is 7.30. The van der Waals surface area contributed by atoms with Gasteiger partial charge in [-0.25, -0.2) is 0 Å². The highest BCUT2D eigenvalue weighted by Gasteiger charge is 2.51. The van der Waals surface area contributed by atoms with Crippen LogP contribution >= 0.6 is 0 Å². The number of para-hydroxylation sites is 6. The van der Waals surface area contributed by atoms with Gasteiger partial charge in [-0.05, 0) is 152 Å². The summed E-state index contributed by atoms with van der Waals surface area (Å²) in [5.74, 6) is 6.65. The third kappa shape index (κ3) is 6.27. The minimum absolute atomic E-state index is 0.170. The fraction of sp³-hybridized carbons (Fsp3) is 0.0833. The summed E-state index contributed by atoms with van der Waals surface area (Å²) in [6.45, 7) is 9.05. The summed E-state index contributed by atoms with van der Waals surface area (Å²) in [6, 6.07) is 82.6. The van der Waals surface area contributed by atoms with Crippen LogP contribution in [0.25, 0.3) is 22.3 Å². The van der Waals surface area contributed by atoms with Gasteiger partial charge >= 0.3 is 0 Å². The van der Waals surface area contributed by atoms with Crippen LogP contribution in [-0.4, -0.2) is 13.4 Å². The Morgan fingerprint density at radius 3 is 1.04 bits per heavy atom. The van der Waals surface area contributed by atoms with Crippen molar-refractivity contribution < 1.29 is 18.9 Å². The number of fused-ring (bicyclic) bond motifs is 16. The minimum Gasteiger partial charge on any atom is -0.458 e. The van der Waals surface area contributed by atoms with Crippen molar-refractivity contribution in [3.63, 3.8) is 0 Å². The molecule has 11 aromatic rings. The Balaban J connectivity index is 0.816. The molecule has 0 aromatic heterocycles. The van der Waals surface area contributed by atoms with Crippen LogP contribution in [0.3, 0.4) is 0 Å². The fourth-order valence-electron chi connectivity index (χ4n) is 14.5. The summed E-state index contributed by atoms with van der Waals surface area (Å²) in [4.78, 5) is 4.68. The highest BCUT2D eigenvalue weighted by Crippen LogP contribution is 2.59. The largest absolute Gasteiger partial charge is 0.458 e. The fourth-order valence-corrected chi connectivity index (χ4v) is 14.5. The van der Waals surface area contributed by atoms with Crippen LogP contribution in [0.1, 0.15) is 49.9 Å². The normalized spacial score (nSPS) is 14.8. The van der Waals surface area contributed by atoms with Crippen molar-refractivity contribution in [3.05, 3.63) is 253 Å². The molecular weight excluding hydrogens is 978 g/mol. The van der Waals surface area contributed by atoms with E-state index in [0.717, 1.165) is 124 Å². The van der Waals surface area contributed by atoms with Crippen LogP contribution in [0.5, 0.6) is 46.0 Å². The van der Waals surface area contributed by atoms with Crippen molar-refractivity contribution in [2.45, 2.75) is 38.5 Å². The van der Waals surface area contributed by atoms with Crippen molar-refractivity contribution in [3.8, 4) is 68.2 Å². The lowest BCUT2D eigenvalue weighted by Crippen LogP contribution is -2.61. The highest BCUT2D eigenvalue weighted by atomic mass is 16.5. The summed E-state index contributed by atoms with van der Waals surface area (Å²) >= 11 is 0. The van der Waals surface area contributed by atoms with Crippen LogP contribution in [0, 0.1) is 0 Å². The number of benzene rings is 11. The van der Waals surface area contributed by atoms with Gasteiger partial charge in [-0.1, -0.05) is 155 Å². The Labute approximate surface area is 466 Å². The summed E-state index contributed by atoms with van der Waals surface area (Å²) in [6.07, 6.45) is 0. The van der Waals surface area contributed by atoms with Gasteiger partial charge in [0, 0.05) is 73.1 Å². The molecule has 17 rings (SSSR count). The molecule has 0 N–H and O–H groups in total. The zero-order valence-electron chi connectivity index (χ0n) is 44.6. The van der Waals surface area contributed by atoms with Gasteiger partial charge in [0.1, 0.15) is 46.0 Å². The lowest BCUT2D eigenvalue weighted by Gasteiger charge is -2.38. The van der Waals surface area contributed by atoms with Crippen molar-refractivity contribution in [2.24, 2.45) is 0 Å². The van der Waals surface area contributed by atoms with Gasteiger partial charge in [0.25, 0.3) is 13.4 Å². The second-order valence-corrected chi connectivity index (χ2v) is 23.1. The molecule has 0 saturated heterocycles. The third-order valence-electron chi connectivity index (χ3n) is 18.0. The van der Waals surface area contributed by atoms with Gasteiger partial charge in [0.2, 0.25) is 0 Å². The van der Waals surface area contributed by atoms with E-state index >= 15 is 0 Å². The maximum atomic E-state index is 7.30. The molecule has 4 heterocycles. The van der Waals surface area contributed by atoms with Crippen LogP contribution in [0.15, 0.2) is 231 Å². The molecule has 0 fully saturated rings. The van der Waals surface area contributed by atoms with Crippen molar-refractivity contribution in [1.82, 2.24) is 0 Å². The van der Waals surface area contributed by atoms with Crippen molar-refractivity contribution in [2.75, 3.05) is 9.80 Å². The van der Waals surface area contributed by atoms with Crippen LogP contribution < -0.4 is 61.5 Å². The molecule has 0 amide bonds. The third-order valence-corrected chi connectivity index (χ3v) is 18.0. The van der Waals surface area contributed by atoms with Gasteiger partial charge < -0.3 is 28.7 Å². The number of hydrogen-bond acceptors (Lipinski definition) is 6. The molecule has 0 atom stereocenters. The number of anilines is 6. The van der Waals surface area contributed by atoms with E-state index in [1.807, 2.05) is 0 Å². The molecule has 0 radical (unpaired) electrons. The van der Waals surface area contributed by atoms with E-state index in [2.05, 4.69) is 268 Å². The summed E-state index contributed by atoms with van der Waals surface area (Å²) < 4.78 is 29.1. The lowest BCUT2D eigenvalue weighted by molar-refractivity contribution is 0.445. The molecule has 6 nitrogen and oxygen atoms in total. The molecule has 80 heavy (non-hydrogen) atoms. The van der Waals surface area contributed by atoms with E-state index in [9.17, 15) is 0 Å². The van der Waals surface area contributed by atoms with Gasteiger partial charge in [-0.2, -0.15) is 0 Å². The Kier molecular flexibility index (Phi) is 9.33. The molecule has 6 aliphatic rings. The summed E-state index contributed by atoms with van der Waals surface area (Å²) in [5.41, 5.74) is 21.7. The zero-order valence-corrected chi connectivity index (χ0v) is 44.6. The Hall–Kier alpha value is -9.65. The molecule has 0 saturated carbocycles. The average molecular weight is 1030 g/mol. The molecule has 0 bridgehead atoms. The van der Waals surface area contributed by atoms with Gasteiger partial charge in [0.05, 0.1) is 0 Å². The number of rotatable bonds is 6. The second-order valence-electron chi connectivity index (χ2n) is 23.1. The molecule has 0 spiro atoms. The number of hydrogen-bond donors (Lipinski definition) is 0. The topological polar surface area (TPSA) is 43.4 Å². The first-order valence-electron chi connectivity index (χ1n) is 27.8. The quantitative estimate of drug-likeness (QED) is 0.155. The molecule has 0 unspecified atom stereocenters. The van der Waals surface area contributed by atoms with Crippen molar-refractivity contribution >= 4 is 80.3 Å². The van der Waals surface area contributed by atoms with E-state index in [1.54, 1.807) is 0 Å². The second kappa shape index (κ2) is 16.4. The average Bonchev–Trinajstić information content (AvgIpc) is 4.08. The maximum Gasteiger partial charge on any atom is 0.260 e. The summed E-state index contributed by atoms with van der Waals surface area (Å²) in [7, 11) is 0. The van der Waals surface area contributed by atoms with Crippen LogP contribution in [-0.2, 0) is 10.8 Å². The monoisotopic (exact) mass is 1030 g/mol. The first kappa shape index (κ1) is 45.4. The standard InChI is InChI=1S/C72H50B2N2O4/c1-71(2)53-37-47(75(43-21-9-5-10-22-43)44-23-11-6-12-24-44)33-35-49(53)51-39-63-67-69(65(51)71)79-59-31-19-17-29-55(59)73(67)57-41-58-62(42-61(57)77-63)78-64-40-52-50-36-34-48(76(45-25-13-7-14-26-45)46-27-15-8-16-28-46)38-54(50)72(3,4)66(52)70-68(64)74(58)56-30-18-20-32-60(56)80-70/h5-42H,1-4H3. The molecule has 4 aliphatic heterocycles. The molecule has 11 aromatic carbocycles. The van der Waals surface area contributed by atoms with Crippen molar-refractivity contribution in [1.29, 1.82) is 0 Å². The lowest BCUT2D eigenvalue weighted by atomic mass is 9.31. The number of ether oxygens (including phenoxy) is 4. The smallest absolute Gasteiger partial charge is 0.260 e. The van der Waals surface area contributed by atoms with Crippen LogP contribution in [0.4, 0.5) is 34.1 Å². The van der Waals surface area contributed by atoms with Gasteiger partial charge in [0.15, 0.2) is 0 Å². The summed E-state index contributed by atoms with van der Waals surface area (Å²) in [5, 5.41) is 0. The van der Waals surface area contributed by atoms with Gasteiger partial charge in [-0.15, -0.1) is 0 Å². The Morgan fingerprint density at radius 1 is 0.287 bits per heavy atom. The zero-order chi connectivity index (χ0) is 53.2. The SMILES string of the molecule is CC1(C)c2cc(N(c3ccccc3)c3ccccc3)ccc2-c2cc3c4c(c21)Oc1ccccc1B4c1cc2c(cc1O3)Oc1cc3c(c4c1B2c1ccccc1O4)C(C)(C)c1cc(N(c2ccccc2)c2ccccc2)ccc1-3. The van der Waals surface area contributed by atoms with E-state index in [1.165, 1.54) is 33.4 Å². The van der Waals surface area contributed by atoms with E-state index in [-0.39, 0.29) is 13.4 Å². The van der Waals surface area contributed by atoms with E-state index in [0.29, 0.717) is 0 Å². The first-order valence-corrected chi connectivity index (χ1v) is 27.8. The Morgan fingerprint density at radius 2 is 0.650 bits per heavy atom. The molecule has 2 aliphatic carbocycles. The molecule has 378 valence electrons. The molecule has 8 heteroatoms. The van der Waals surface area contributed by atoms with E-state index in [4.69, 9.17) is 18.9 Å². The first-order chi connectivity index (χ1) is 39.2. The number of nitrogens with zero attached hydrogens (tertiary/aromatic N) is 2. The van der Waals surface area contributed by atoms with Gasteiger partial charge in [-0.3, -0.25) is 0 Å². The predicted molar refractivity (Wildman–Crippen MR) is 326 cm³/mol. The minimum atomic E-state index is -0.421. The van der Waals surface area contributed by atoms with Crippen LogP contribution in [0.2, 0.25) is 0 Å². The predicted octanol–water partition coefficient (Wildman–Crippen LogP) is 14.7. The van der Waals surface area contributed by atoms with E-state index < -0.39 is 10.8 Å².